The van der Waals surface area contributed by atoms with Gasteiger partial charge in [0, 0.05) is 6.54 Å². The lowest BCUT2D eigenvalue weighted by atomic mass is 10.3. The van der Waals surface area contributed by atoms with Crippen LogP contribution in [0, 0.1) is 6.92 Å². The molecule has 0 saturated heterocycles. The maximum absolute atomic E-state index is 11.3. The number of nitrogens with zero attached hydrogens (tertiary/aromatic N) is 5. The fourth-order valence-corrected chi connectivity index (χ4v) is 1.94. The molecule has 2 aromatic heterocycles. The lowest BCUT2D eigenvalue weighted by Gasteiger charge is -2.04. The van der Waals surface area contributed by atoms with Crippen molar-refractivity contribution in [3.8, 4) is 0 Å². The Bertz CT molecular complexity index is 604. The fraction of sp³-hybridized carbons (Fsp3) is 0.455. The SMILES string of the molecule is CCn1nc(C)c(Cl)c1Cn1cc(C(=O)OC)nn1. The molecule has 102 valence electrons. The van der Waals surface area contributed by atoms with E-state index in [1.54, 1.807) is 4.68 Å². The molecule has 0 atom stereocenters. The van der Waals surface area contributed by atoms with Gasteiger partial charge < -0.3 is 4.74 Å². The van der Waals surface area contributed by atoms with Crippen molar-refractivity contribution in [1.29, 1.82) is 0 Å². The molecule has 0 aromatic carbocycles. The Morgan fingerprint density at radius 2 is 2.26 bits per heavy atom. The molecular weight excluding hydrogens is 270 g/mol. The van der Waals surface area contributed by atoms with Gasteiger partial charge in [0.2, 0.25) is 0 Å². The smallest absolute Gasteiger partial charge is 0.360 e. The van der Waals surface area contributed by atoms with Gasteiger partial charge in [-0.1, -0.05) is 16.8 Å². The Morgan fingerprint density at radius 1 is 1.53 bits per heavy atom. The first kappa shape index (κ1) is 13.5. The Labute approximate surface area is 115 Å². The molecule has 2 aromatic rings. The highest BCUT2D eigenvalue weighted by Crippen LogP contribution is 2.20. The van der Waals surface area contributed by atoms with E-state index in [0.29, 0.717) is 18.1 Å². The molecule has 19 heavy (non-hydrogen) atoms. The number of esters is 1. The molecular formula is C11H14ClN5O2. The summed E-state index contributed by atoms with van der Waals surface area (Å²) in [7, 11) is 1.30. The van der Waals surface area contributed by atoms with E-state index in [0.717, 1.165) is 11.4 Å². The van der Waals surface area contributed by atoms with Crippen LogP contribution in [-0.4, -0.2) is 37.9 Å². The average molecular weight is 284 g/mol. The maximum Gasteiger partial charge on any atom is 0.360 e. The summed E-state index contributed by atoms with van der Waals surface area (Å²) in [5.74, 6) is -0.516. The summed E-state index contributed by atoms with van der Waals surface area (Å²) < 4.78 is 7.91. The van der Waals surface area contributed by atoms with Crippen LogP contribution >= 0.6 is 11.6 Å². The number of carbonyl (C=O) groups excluding carboxylic acids is 1. The third-order valence-electron chi connectivity index (χ3n) is 2.70. The number of aromatic nitrogens is 5. The van der Waals surface area contributed by atoms with Crippen LogP contribution in [0.3, 0.4) is 0 Å². The molecule has 0 aliphatic heterocycles. The van der Waals surface area contributed by atoms with Crippen LogP contribution < -0.4 is 0 Å². The van der Waals surface area contributed by atoms with E-state index in [-0.39, 0.29) is 5.69 Å². The molecule has 2 rings (SSSR count). The number of carbonyl (C=O) groups is 1. The number of methoxy groups -OCH3 is 1. The van der Waals surface area contributed by atoms with Crippen LogP contribution in [0.5, 0.6) is 0 Å². The van der Waals surface area contributed by atoms with Crippen molar-refractivity contribution in [2.45, 2.75) is 26.9 Å². The number of hydrogen-bond donors (Lipinski definition) is 0. The Hall–Kier alpha value is -1.89. The average Bonchev–Trinajstić information content (AvgIpc) is 2.98. The van der Waals surface area contributed by atoms with Crippen LogP contribution in [0.25, 0.3) is 0 Å². The minimum atomic E-state index is -0.516. The molecule has 0 radical (unpaired) electrons. The zero-order valence-corrected chi connectivity index (χ0v) is 11.7. The van der Waals surface area contributed by atoms with Crippen molar-refractivity contribution in [2.24, 2.45) is 0 Å². The third-order valence-corrected chi connectivity index (χ3v) is 3.19. The predicted molar refractivity (Wildman–Crippen MR) is 68.1 cm³/mol. The maximum atomic E-state index is 11.3. The highest BCUT2D eigenvalue weighted by atomic mass is 35.5. The summed E-state index contributed by atoms with van der Waals surface area (Å²) in [6.07, 6.45) is 1.52. The van der Waals surface area contributed by atoms with Crippen molar-refractivity contribution in [3.63, 3.8) is 0 Å². The molecule has 2 heterocycles. The number of aryl methyl sites for hydroxylation is 2. The van der Waals surface area contributed by atoms with Crippen LogP contribution in [0.1, 0.15) is 28.8 Å². The van der Waals surface area contributed by atoms with E-state index in [4.69, 9.17) is 11.6 Å². The van der Waals surface area contributed by atoms with Crippen LogP contribution in [-0.2, 0) is 17.8 Å². The molecule has 0 unspecified atom stereocenters. The normalized spacial score (nSPS) is 10.7. The molecule has 7 nitrogen and oxygen atoms in total. The molecule has 0 N–H and O–H groups in total. The van der Waals surface area contributed by atoms with Gasteiger partial charge in [0.05, 0.1) is 36.3 Å². The predicted octanol–water partition coefficient (Wildman–Crippen LogP) is 1.29. The van der Waals surface area contributed by atoms with Gasteiger partial charge in [0.25, 0.3) is 0 Å². The summed E-state index contributed by atoms with van der Waals surface area (Å²) >= 11 is 6.20. The summed E-state index contributed by atoms with van der Waals surface area (Å²) in [6.45, 7) is 4.94. The van der Waals surface area contributed by atoms with Gasteiger partial charge in [-0.05, 0) is 13.8 Å². The number of hydrogen-bond acceptors (Lipinski definition) is 5. The van der Waals surface area contributed by atoms with Crippen molar-refractivity contribution in [3.05, 3.63) is 28.3 Å². The van der Waals surface area contributed by atoms with Crippen molar-refractivity contribution in [1.82, 2.24) is 24.8 Å². The van der Waals surface area contributed by atoms with Gasteiger partial charge in [0.1, 0.15) is 0 Å². The lowest BCUT2D eigenvalue weighted by molar-refractivity contribution is 0.0594. The second-order valence-corrected chi connectivity index (χ2v) is 4.33. The first-order valence-corrected chi connectivity index (χ1v) is 6.14. The van der Waals surface area contributed by atoms with Crippen molar-refractivity contribution < 1.29 is 9.53 Å². The van der Waals surface area contributed by atoms with Crippen LogP contribution in [0.4, 0.5) is 0 Å². The topological polar surface area (TPSA) is 74.8 Å². The van der Waals surface area contributed by atoms with Gasteiger partial charge >= 0.3 is 5.97 Å². The lowest BCUT2D eigenvalue weighted by Crippen LogP contribution is -2.09. The summed E-state index contributed by atoms with van der Waals surface area (Å²) in [4.78, 5) is 11.3. The zero-order chi connectivity index (χ0) is 14.0. The summed E-state index contributed by atoms with van der Waals surface area (Å²) in [5, 5.41) is 12.5. The van der Waals surface area contributed by atoms with E-state index in [1.807, 2.05) is 13.8 Å². The van der Waals surface area contributed by atoms with E-state index in [1.165, 1.54) is 18.0 Å². The van der Waals surface area contributed by atoms with Crippen LogP contribution in [0.2, 0.25) is 5.02 Å². The highest BCUT2D eigenvalue weighted by Gasteiger charge is 2.15. The van der Waals surface area contributed by atoms with Crippen molar-refractivity contribution in [2.75, 3.05) is 7.11 Å². The molecule has 0 amide bonds. The first-order chi connectivity index (χ1) is 9.06. The van der Waals surface area contributed by atoms with Gasteiger partial charge in [-0.25, -0.2) is 9.48 Å². The van der Waals surface area contributed by atoms with Crippen LogP contribution in [0.15, 0.2) is 6.20 Å². The first-order valence-electron chi connectivity index (χ1n) is 5.77. The molecule has 0 saturated carbocycles. The number of ether oxygens (including phenoxy) is 1. The van der Waals surface area contributed by atoms with E-state index >= 15 is 0 Å². The second kappa shape index (κ2) is 5.40. The van der Waals surface area contributed by atoms with Gasteiger partial charge in [0.15, 0.2) is 5.69 Å². The Kier molecular flexibility index (Phi) is 3.84. The molecule has 8 heteroatoms. The standard InChI is InChI=1S/C11H14ClN5O2/c1-4-17-9(10(12)7(2)14-17)6-16-5-8(13-15-16)11(18)19-3/h5H,4,6H2,1-3H3. The molecule has 0 aliphatic carbocycles. The molecule has 0 fully saturated rings. The Morgan fingerprint density at radius 3 is 2.89 bits per heavy atom. The minimum Gasteiger partial charge on any atom is -0.464 e. The van der Waals surface area contributed by atoms with E-state index in [2.05, 4.69) is 20.1 Å². The number of rotatable bonds is 4. The van der Waals surface area contributed by atoms with E-state index in [9.17, 15) is 4.79 Å². The highest BCUT2D eigenvalue weighted by molar-refractivity contribution is 6.31. The molecule has 0 bridgehead atoms. The monoisotopic (exact) mass is 283 g/mol. The van der Waals surface area contributed by atoms with Gasteiger partial charge in [-0.15, -0.1) is 5.10 Å². The fourth-order valence-electron chi connectivity index (χ4n) is 1.75. The third kappa shape index (κ3) is 2.60. The number of halogens is 1. The second-order valence-electron chi connectivity index (χ2n) is 3.95. The quantitative estimate of drug-likeness (QED) is 0.791. The Balaban J connectivity index is 2.26. The largest absolute Gasteiger partial charge is 0.464 e. The molecule has 0 spiro atoms. The summed E-state index contributed by atoms with van der Waals surface area (Å²) in [5.41, 5.74) is 1.77. The van der Waals surface area contributed by atoms with Gasteiger partial charge in [-0.2, -0.15) is 5.10 Å². The van der Waals surface area contributed by atoms with Crippen molar-refractivity contribution >= 4 is 17.6 Å². The molecule has 0 aliphatic rings. The van der Waals surface area contributed by atoms with E-state index < -0.39 is 5.97 Å². The zero-order valence-electron chi connectivity index (χ0n) is 10.9. The van der Waals surface area contributed by atoms with Gasteiger partial charge in [-0.3, -0.25) is 4.68 Å². The minimum absolute atomic E-state index is 0.165. The summed E-state index contributed by atoms with van der Waals surface area (Å²) in [6, 6.07) is 0.